The van der Waals surface area contributed by atoms with E-state index >= 15 is 0 Å². The van der Waals surface area contributed by atoms with E-state index < -0.39 is 17.6 Å². The Kier molecular flexibility index (Phi) is 4.40. The molecule has 0 unspecified atom stereocenters. The molecule has 176 valence electrons. The summed E-state index contributed by atoms with van der Waals surface area (Å²) < 4.78 is 54.0. The Hall–Kier alpha value is -3.67. The quantitative estimate of drug-likeness (QED) is 0.617. The minimum atomic E-state index is -4.75. The van der Waals surface area contributed by atoms with Crippen molar-refractivity contribution in [1.29, 1.82) is 0 Å². The van der Waals surface area contributed by atoms with Gasteiger partial charge in [0.25, 0.3) is 5.91 Å². The third-order valence-electron chi connectivity index (χ3n) is 6.48. The van der Waals surface area contributed by atoms with Crippen LogP contribution in [-0.2, 0) is 29.6 Å². The number of nitrogens with one attached hydrogen (secondary N) is 1. The summed E-state index contributed by atoms with van der Waals surface area (Å²) in [6, 6.07) is 6.68. The number of halogens is 3. The molecule has 9 nitrogen and oxygen atoms in total. The van der Waals surface area contributed by atoms with Gasteiger partial charge in [-0.15, -0.1) is 0 Å². The van der Waals surface area contributed by atoms with Crippen molar-refractivity contribution in [3.63, 3.8) is 0 Å². The first kappa shape index (κ1) is 20.9. The van der Waals surface area contributed by atoms with Crippen molar-refractivity contribution in [1.82, 2.24) is 24.6 Å². The maximum absolute atomic E-state index is 13.7. The van der Waals surface area contributed by atoms with Crippen LogP contribution in [0.1, 0.15) is 40.0 Å². The summed E-state index contributed by atoms with van der Waals surface area (Å²) in [7, 11) is 1.70. The van der Waals surface area contributed by atoms with Crippen molar-refractivity contribution in [3.05, 3.63) is 52.8 Å². The third kappa shape index (κ3) is 3.20. The molecule has 0 saturated heterocycles. The van der Waals surface area contributed by atoms with Crippen LogP contribution in [-0.4, -0.2) is 44.2 Å². The van der Waals surface area contributed by atoms with Crippen LogP contribution < -0.4 is 10.1 Å². The lowest BCUT2D eigenvalue weighted by atomic mass is 10.0. The Balaban J connectivity index is 1.37. The molecule has 1 aromatic carbocycles. The molecule has 12 heteroatoms. The molecular formula is C22H19F3N6O3. The maximum atomic E-state index is 13.7. The van der Waals surface area contributed by atoms with Crippen LogP contribution in [0.25, 0.3) is 0 Å². The maximum Gasteiger partial charge on any atom is 0.423 e. The second-order valence-electron chi connectivity index (χ2n) is 8.51. The van der Waals surface area contributed by atoms with E-state index in [0.29, 0.717) is 31.8 Å². The molecule has 0 bridgehead atoms. The molecule has 34 heavy (non-hydrogen) atoms. The van der Waals surface area contributed by atoms with Crippen LogP contribution in [0.5, 0.6) is 11.6 Å². The molecule has 1 N–H and O–H groups in total. The zero-order valence-corrected chi connectivity index (χ0v) is 18.0. The molecule has 2 aliphatic heterocycles. The highest BCUT2D eigenvalue weighted by atomic mass is 19.4. The number of carbonyl (C=O) groups is 1. The third-order valence-corrected chi connectivity index (χ3v) is 6.48. The van der Waals surface area contributed by atoms with Crippen molar-refractivity contribution in [3.8, 4) is 11.6 Å². The largest absolute Gasteiger partial charge is 0.437 e. The molecule has 1 fully saturated rings. The number of carbonyl (C=O) groups excluding carboxylic acids is 1. The van der Waals surface area contributed by atoms with Gasteiger partial charge in [-0.1, -0.05) is 12.1 Å². The van der Waals surface area contributed by atoms with Gasteiger partial charge in [-0.3, -0.25) is 9.48 Å². The number of nitrogens with zero attached hydrogens (tertiary/aromatic N) is 5. The molecule has 0 radical (unpaired) electrons. The number of aromatic nitrogens is 4. The summed E-state index contributed by atoms with van der Waals surface area (Å²) >= 11 is 0. The van der Waals surface area contributed by atoms with Gasteiger partial charge >= 0.3 is 6.18 Å². The van der Waals surface area contributed by atoms with E-state index in [9.17, 15) is 18.0 Å². The fourth-order valence-electron chi connectivity index (χ4n) is 4.56. The Morgan fingerprint density at radius 2 is 2.09 bits per heavy atom. The number of alkyl halides is 3. The number of hydrogen-bond acceptors (Lipinski definition) is 7. The predicted molar refractivity (Wildman–Crippen MR) is 112 cm³/mol. The summed E-state index contributed by atoms with van der Waals surface area (Å²) in [4.78, 5) is 22.3. The number of hydrogen-bond donors (Lipinski definition) is 1. The number of benzene rings is 1. The molecule has 2 aromatic heterocycles. The lowest BCUT2D eigenvalue weighted by Crippen LogP contribution is -2.28. The summed E-state index contributed by atoms with van der Waals surface area (Å²) in [5.74, 6) is -0.691. The van der Waals surface area contributed by atoms with Crippen molar-refractivity contribution in [2.45, 2.75) is 37.7 Å². The molecule has 1 aliphatic carbocycles. The molecule has 1 spiro atoms. The summed E-state index contributed by atoms with van der Waals surface area (Å²) in [5.41, 5.74) is 0.331. The van der Waals surface area contributed by atoms with Crippen LogP contribution in [0.3, 0.4) is 0 Å². The smallest absolute Gasteiger partial charge is 0.423 e. The van der Waals surface area contributed by atoms with E-state index in [0.717, 1.165) is 24.1 Å². The fraction of sp³-hybridized carbons (Fsp3) is 0.364. The molecule has 4 heterocycles. The first-order chi connectivity index (χ1) is 16.3. The Morgan fingerprint density at radius 3 is 2.82 bits per heavy atom. The molecule has 3 aromatic rings. The lowest BCUT2D eigenvalue weighted by Gasteiger charge is -2.18. The van der Waals surface area contributed by atoms with Gasteiger partial charge in [0.15, 0.2) is 5.82 Å². The van der Waals surface area contributed by atoms with Crippen LogP contribution in [0.15, 0.2) is 30.5 Å². The standard InChI is InChI=1S/C22H19F3N6O3/c1-30-19(32)17-13(21(30)5-6-21)3-2-4-15(17)34-18-14(22(23,24)25)10-26-20(28-18)27-16-9-12-11-33-8-7-31(12)29-16/h2-4,9-10H,5-8,11H2,1H3,(H,26,27,28,29). The molecular weight excluding hydrogens is 453 g/mol. The highest BCUT2D eigenvalue weighted by Gasteiger charge is 2.57. The summed E-state index contributed by atoms with van der Waals surface area (Å²) in [6.45, 7) is 1.49. The highest BCUT2D eigenvalue weighted by Crippen LogP contribution is 2.57. The molecule has 0 atom stereocenters. The van der Waals surface area contributed by atoms with Gasteiger partial charge < -0.3 is 19.7 Å². The van der Waals surface area contributed by atoms with E-state index in [1.807, 2.05) is 6.07 Å². The first-order valence-corrected chi connectivity index (χ1v) is 10.7. The second kappa shape index (κ2) is 7.16. The van der Waals surface area contributed by atoms with Gasteiger partial charge in [0, 0.05) is 19.3 Å². The highest BCUT2D eigenvalue weighted by molar-refractivity contribution is 6.03. The second-order valence-corrected chi connectivity index (χ2v) is 8.51. The van der Waals surface area contributed by atoms with Crippen LogP contribution in [0.4, 0.5) is 24.9 Å². The summed E-state index contributed by atoms with van der Waals surface area (Å²) in [5, 5.41) is 7.18. The van der Waals surface area contributed by atoms with Gasteiger partial charge in [-0.2, -0.15) is 23.3 Å². The number of anilines is 2. The molecule has 6 rings (SSSR count). The van der Waals surface area contributed by atoms with Gasteiger partial charge in [0.05, 0.1) is 36.6 Å². The first-order valence-electron chi connectivity index (χ1n) is 10.7. The Labute approximate surface area is 191 Å². The number of ether oxygens (including phenoxy) is 2. The van der Waals surface area contributed by atoms with Crippen LogP contribution >= 0.6 is 0 Å². The van der Waals surface area contributed by atoms with Crippen molar-refractivity contribution < 1.29 is 27.4 Å². The fourth-order valence-corrected chi connectivity index (χ4v) is 4.56. The minimum Gasteiger partial charge on any atom is -0.437 e. The van der Waals surface area contributed by atoms with Crippen LogP contribution in [0, 0.1) is 0 Å². The van der Waals surface area contributed by atoms with Gasteiger partial charge in [0.2, 0.25) is 11.8 Å². The molecule has 1 amide bonds. The van der Waals surface area contributed by atoms with E-state index in [4.69, 9.17) is 9.47 Å². The van der Waals surface area contributed by atoms with Gasteiger partial charge in [-0.05, 0) is 24.5 Å². The van der Waals surface area contributed by atoms with E-state index in [-0.39, 0.29) is 28.7 Å². The molecule has 1 saturated carbocycles. The van der Waals surface area contributed by atoms with E-state index in [1.165, 1.54) is 6.07 Å². The van der Waals surface area contributed by atoms with Gasteiger partial charge in [-0.25, -0.2) is 4.98 Å². The average Bonchev–Trinajstić information content (AvgIpc) is 3.46. The van der Waals surface area contributed by atoms with E-state index in [1.54, 1.807) is 28.8 Å². The Bertz CT molecular complexity index is 1290. The predicted octanol–water partition coefficient (Wildman–Crippen LogP) is 3.83. The zero-order chi connectivity index (χ0) is 23.7. The SMILES string of the molecule is CN1C(=O)c2c(Oc3nc(Nc4cc5n(n4)CCOC5)ncc3C(F)(F)F)cccc2C12CC2. The molecule has 3 aliphatic rings. The van der Waals surface area contributed by atoms with Crippen molar-refractivity contribution in [2.75, 3.05) is 19.0 Å². The lowest BCUT2D eigenvalue weighted by molar-refractivity contribution is -0.139. The number of fused-ring (bicyclic) bond motifs is 3. The number of amides is 1. The monoisotopic (exact) mass is 472 g/mol. The average molecular weight is 472 g/mol. The number of rotatable bonds is 4. The topological polar surface area (TPSA) is 94.4 Å². The zero-order valence-electron chi connectivity index (χ0n) is 18.0. The van der Waals surface area contributed by atoms with Crippen molar-refractivity contribution in [2.24, 2.45) is 0 Å². The van der Waals surface area contributed by atoms with E-state index in [2.05, 4.69) is 20.4 Å². The van der Waals surface area contributed by atoms with Crippen LogP contribution in [0.2, 0.25) is 0 Å². The van der Waals surface area contributed by atoms with Gasteiger partial charge in [0.1, 0.15) is 11.3 Å². The van der Waals surface area contributed by atoms with Crippen molar-refractivity contribution >= 4 is 17.7 Å². The summed E-state index contributed by atoms with van der Waals surface area (Å²) in [6.07, 6.45) is -2.49. The Morgan fingerprint density at radius 1 is 1.26 bits per heavy atom. The normalized spacial score (nSPS) is 18.1. The minimum absolute atomic E-state index is 0.0304.